The van der Waals surface area contributed by atoms with Crippen LogP contribution in [0.15, 0.2) is 40.9 Å². The number of rotatable bonds is 3. The molecule has 2 aromatic carbocycles. The molecular formula is C15H11BrCl2O. The van der Waals surface area contributed by atoms with E-state index in [0.29, 0.717) is 21.2 Å². The summed E-state index contributed by atoms with van der Waals surface area (Å²) in [6, 6.07) is 10.8. The topological polar surface area (TPSA) is 17.1 Å². The summed E-state index contributed by atoms with van der Waals surface area (Å²) in [5.41, 5.74) is 2.41. The number of Topliss-reactive ketones (excluding diaryl/α,β-unsaturated/α-hetero) is 1. The summed E-state index contributed by atoms with van der Waals surface area (Å²) in [5, 5.41) is 1.04. The van der Waals surface area contributed by atoms with Crippen LogP contribution in [0.1, 0.15) is 21.5 Å². The lowest BCUT2D eigenvalue weighted by Crippen LogP contribution is -2.05. The predicted octanol–water partition coefficient (Wildman–Crippen LogP) is 5.49. The molecule has 19 heavy (non-hydrogen) atoms. The summed E-state index contributed by atoms with van der Waals surface area (Å²) in [5.74, 6) is -0.00398. The maximum absolute atomic E-state index is 12.2. The molecule has 0 N–H and O–H groups in total. The summed E-state index contributed by atoms with van der Waals surface area (Å²) in [6.07, 6.45) is 0.202. The number of benzene rings is 2. The van der Waals surface area contributed by atoms with Crippen LogP contribution in [0.2, 0.25) is 10.0 Å². The van der Waals surface area contributed by atoms with E-state index >= 15 is 0 Å². The Hall–Kier alpha value is -0.830. The van der Waals surface area contributed by atoms with Crippen LogP contribution in [-0.4, -0.2) is 5.78 Å². The van der Waals surface area contributed by atoms with E-state index in [0.717, 1.165) is 10.0 Å². The van der Waals surface area contributed by atoms with Gasteiger partial charge in [0.05, 0.1) is 0 Å². The number of carbonyl (C=O) groups excluding carboxylic acids is 1. The third kappa shape index (κ3) is 3.38. The highest BCUT2D eigenvalue weighted by Gasteiger charge is 2.13. The minimum Gasteiger partial charge on any atom is -0.294 e. The lowest BCUT2D eigenvalue weighted by Gasteiger charge is -2.07. The number of halogens is 3. The number of carbonyl (C=O) groups is 1. The molecule has 0 saturated heterocycles. The van der Waals surface area contributed by atoms with Crippen LogP contribution in [0.3, 0.4) is 0 Å². The monoisotopic (exact) mass is 356 g/mol. The minimum atomic E-state index is -0.00398. The van der Waals surface area contributed by atoms with Crippen LogP contribution in [-0.2, 0) is 6.42 Å². The highest BCUT2D eigenvalue weighted by Crippen LogP contribution is 2.26. The van der Waals surface area contributed by atoms with Crippen molar-refractivity contribution < 1.29 is 4.79 Å². The number of ketones is 1. The molecule has 0 heterocycles. The first-order valence-corrected chi connectivity index (χ1v) is 7.26. The molecule has 0 bridgehead atoms. The first-order valence-electron chi connectivity index (χ1n) is 5.71. The lowest BCUT2D eigenvalue weighted by molar-refractivity contribution is 0.0993. The molecule has 0 saturated carbocycles. The Morgan fingerprint density at radius 1 is 1.16 bits per heavy atom. The first kappa shape index (κ1) is 14.6. The van der Waals surface area contributed by atoms with Crippen LogP contribution in [0, 0.1) is 6.92 Å². The Bertz CT molecular complexity index is 618. The molecule has 2 aromatic rings. The van der Waals surface area contributed by atoms with Crippen LogP contribution >= 0.6 is 39.1 Å². The molecule has 0 fully saturated rings. The van der Waals surface area contributed by atoms with E-state index in [4.69, 9.17) is 23.2 Å². The molecule has 0 aromatic heterocycles. The van der Waals surface area contributed by atoms with Gasteiger partial charge in [0, 0.05) is 26.5 Å². The minimum absolute atomic E-state index is 0.00398. The second kappa shape index (κ2) is 6.08. The van der Waals surface area contributed by atoms with E-state index in [1.807, 2.05) is 25.1 Å². The van der Waals surface area contributed by atoms with Crippen molar-refractivity contribution in [3.8, 4) is 0 Å². The molecule has 0 aliphatic heterocycles. The molecule has 0 aliphatic carbocycles. The maximum atomic E-state index is 12.2. The van der Waals surface area contributed by atoms with Gasteiger partial charge in [-0.15, -0.1) is 0 Å². The van der Waals surface area contributed by atoms with Crippen LogP contribution in [0.25, 0.3) is 0 Å². The average molecular weight is 358 g/mol. The van der Waals surface area contributed by atoms with Crippen LogP contribution < -0.4 is 0 Å². The summed E-state index contributed by atoms with van der Waals surface area (Å²) >= 11 is 15.6. The smallest absolute Gasteiger partial charge is 0.167 e. The number of hydrogen-bond donors (Lipinski definition) is 0. The molecule has 4 heteroatoms. The Labute approximate surface area is 130 Å². The van der Waals surface area contributed by atoms with Crippen LogP contribution in [0.5, 0.6) is 0 Å². The molecule has 2 rings (SSSR count). The fourth-order valence-electron chi connectivity index (χ4n) is 1.73. The molecule has 98 valence electrons. The van der Waals surface area contributed by atoms with E-state index in [9.17, 15) is 4.79 Å². The summed E-state index contributed by atoms with van der Waals surface area (Å²) < 4.78 is 0.920. The average Bonchev–Trinajstić information content (AvgIpc) is 2.37. The van der Waals surface area contributed by atoms with Gasteiger partial charge in [-0.1, -0.05) is 57.3 Å². The van der Waals surface area contributed by atoms with Gasteiger partial charge < -0.3 is 0 Å². The van der Waals surface area contributed by atoms with E-state index in [-0.39, 0.29) is 12.2 Å². The van der Waals surface area contributed by atoms with E-state index in [2.05, 4.69) is 15.9 Å². The molecule has 0 amide bonds. The van der Waals surface area contributed by atoms with Crippen molar-refractivity contribution in [1.82, 2.24) is 0 Å². The van der Waals surface area contributed by atoms with Crippen molar-refractivity contribution in [2.75, 3.05) is 0 Å². The van der Waals surface area contributed by atoms with Gasteiger partial charge in [-0.05, 0) is 36.2 Å². The fourth-order valence-corrected chi connectivity index (χ4v) is 2.64. The zero-order chi connectivity index (χ0) is 14.0. The van der Waals surface area contributed by atoms with Gasteiger partial charge in [0.15, 0.2) is 5.78 Å². The Kier molecular flexibility index (Phi) is 4.67. The highest BCUT2D eigenvalue weighted by molar-refractivity contribution is 9.10. The molecule has 0 spiro atoms. The zero-order valence-electron chi connectivity index (χ0n) is 10.2. The summed E-state index contributed by atoms with van der Waals surface area (Å²) in [6.45, 7) is 1.98. The Morgan fingerprint density at radius 3 is 2.37 bits per heavy atom. The van der Waals surface area contributed by atoms with Crippen molar-refractivity contribution in [2.45, 2.75) is 13.3 Å². The molecule has 0 radical (unpaired) electrons. The largest absolute Gasteiger partial charge is 0.294 e. The fraction of sp³-hybridized carbons (Fsp3) is 0.133. The van der Waals surface area contributed by atoms with E-state index in [1.165, 1.54) is 0 Å². The number of aryl methyl sites for hydroxylation is 1. The quantitative estimate of drug-likeness (QED) is 0.664. The van der Waals surface area contributed by atoms with E-state index in [1.54, 1.807) is 18.2 Å². The van der Waals surface area contributed by atoms with Gasteiger partial charge in [-0.3, -0.25) is 4.79 Å². The standard InChI is InChI=1S/C15H11BrCl2O/c1-9-5-6-10(7-12(9)16)15(19)8-11-13(17)3-2-4-14(11)18/h2-7H,8H2,1H3. The second-order valence-corrected chi connectivity index (χ2v) is 5.93. The van der Waals surface area contributed by atoms with Crippen molar-refractivity contribution in [3.63, 3.8) is 0 Å². The van der Waals surface area contributed by atoms with Gasteiger partial charge in [-0.25, -0.2) is 0 Å². The highest BCUT2D eigenvalue weighted by atomic mass is 79.9. The summed E-state index contributed by atoms with van der Waals surface area (Å²) in [4.78, 5) is 12.2. The van der Waals surface area contributed by atoms with Gasteiger partial charge in [0.1, 0.15) is 0 Å². The Balaban J connectivity index is 2.28. The zero-order valence-corrected chi connectivity index (χ0v) is 13.3. The maximum Gasteiger partial charge on any atom is 0.167 e. The first-order chi connectivity index (χ1) is 8.99. The molecule has 0 aliphatic rings. The second-order valence-electron chi connectivity index (χ2n) is 4.26. The third-order valence-corrected chi connectivity index (χ3v) is 4.46. The van der Waals surface area contributed by atoms with Crippen LogP contribution in [0.4, 0.5) is 0 Å². The normalized spacial score (nSPS) is 10.5. The lowest BCUT2D eigenvalue weighted by atomic mass is 10.0. The van der Waals surface area contributed by atoms with Crippen molar-refractivity contribution in [3.05, 3.63) is 67.6 Å². The van der Waals surface area contributed by atoms with E-state index < -0.39 is 0 Å². The Morgan fingerprint density at radius 2 is 1.79 bits per heavy atom. The van der Waals surface area contributed by atoms with Gasteiger partial charge >= 0.3 is 0 Å². The molecular weight excluding hydrogens is 347 g/mol. The summed E-state index contributed by atoms with van der Waals surface area (Å²) in [7, 11) is 0. The predicted molar refractivity (Wildman–Crippen MR) is 83.4 cm³/mol. The van der Waals surface area contributed by atoms with Gasteiger partial charge in [-0.2, -0.15) is 0 Å². The number of hydrogen-bond acceptors (Lipinski definition) is 1. The van der Waals surface area contributed by atoms with Crippen molar-refractivity contribution >= 4 is 44.9 Å². The van der Waals surface area contributed by atoms with Crippen molar-refractivity contribution in [1.29, 1.82) is 0 Å². The third-order valence-electron chi connectivity index (χ3n) is 2.89. The van der Waals surface area contributed by atoms with Gasteiger partial charge in [0.2, 0.25) is 0 Å². The molecule has 1 nitrogen and oxygen atoms in total. The van der Waals surface area contributed by atoms with Crippen molar-refractivity contribution in [2.24, 2.45) is 0 Å². The molecule has 0 atom stereocenters. The molecule has 0 unspecified atom stereocenters. The van der Waals surface area contributed by atoms with Gasteiger partial charge in [0.25, 0.3) is 0 Å². The SMILES string of the molecule is Cc1ccc(C(=O)Cc2c(Cl)cccc2Cl)cc1Br.